The summed E-state index contributed by atoms with van der Waals surface area (Å²) in [6.07, 6.45) is 2.27. The number of hydrogen-bond donors (Lipinski definition) is 2. The lowest BCUT2D eigenvalue weighted by Gasteiger charge is -2.12. The molecule has 0 spiro atoms. The largest absolute Gasteiger partial charge is 0.472 e. The van der Waals surface area contributed by atoms with Crippen LogP contribution >= 0.6 is 0 Å². The van der Waals surface area contributed by atoms with Crippen molar-refractivity contribution >= 4 is 0 Å². The molecule has 1 aromatic heterocycles. The summed E-state index contributed by atoms with van der Waals surface area (Å²) in [5.74, 6) is -1.88. The molecule has 0 amide bonds. The fourth-order valence-corrected chi connectivity index (χ4v) is 1.58. The molecule has 1 heterocycles. The van der Waals surface area contributed by atoms with Crippen molar-refractivity contribution in [1.82, 2.24) is 5.32 Å². The number of rotatable bonds is 5. The van der Waals surface area contributed by atoms with Crippen molar-refractivity contribution < 1.29 is 18.3 Å². The van der Waals surface area contributed by atoms with Gasteiger partial charge in [-0.25, -0.2) is 8.78 Å². The molecular weight excluding hydrogens is 240 g/mol. The molecule has 0 bridgehead atoms. The molecule has 96 valence electrons. The molecule has 2 N–H and O–H groups in total. The van der Waals surface area contributed by atoms with Crippen LogP contribution in [0.15, 0.2) is 41.2 Å². The van der Waals surface area contributed by atoms with E-state index in [1.165, 1.54) is 6.07 Å². The van der Waals surface area contributed by atoms with Crippen LogP contribution in [0.1, 0.15) is 17.2 Å². The van der Waals surface area contributed by atoms with Gasteiger partial charge in [0, 0.05) is 18.7 Å². The van der Waals surface area contributed by atoms with Crippen molar-refractivity contribution in [3.8, 4) is 0 Å². The fraction of sp³-hybridized carbons (Fsp3) is 0.231. The summed E-state index contributed by atoms with van der Waals surface area (Å²) >= 11 is 0. The number of nitrogens with one attached hydrogen (secondary N) is 1. The Hall–Kier alpha value is -1.72. The van der Waals surface area contributed by atoms with Crippen LogP contribution < -0.4 is 5.32 Å². The first kappa shape index (κ1) is 12.7. The van der Waals surface area contributed by atoms with E-state index in [4.69, 9.17) is 4.42 Å². The van der Waals surface area contributed by atoms with E-state index in [1.807, 2.05) is 0 Å². The summed E-state index contributed by atoms with van der Waals surface area (Å²) in [6.45, 7) is 0.785. The maximum atomic E-state index is 13.0. The topological polar surface area (TPSA) is 45.4 Å². The number of aliphatic hydroxyl groups excluding tert-OH is 1. The van der Waals surface area contributed by atoms with Crippen LogP contribution in [0.5, 0.6) is 0 Å². The molecule has 5 heteroatoms. The van der Waals surface area contributed by atoms with Crippen molar-refractivity contribution in [2.24, 2.45) is 0 Å². The maximum Gasteiger partial charge on any atom is 0.159 e. The smallest absolute Gasteiger partial charge is 0.159 e. The first-order chi connectivity index (χ1) is 8.66. The molecule has 0 saturated heterocycles. The van der Waals surface area contributed by atoms with Gasteiger partial charge in [0.15, 0.2) is 11.6 Å². The zero-order chi connectivity index (χ0) is 13.0. The monoisotopic (exact) mass is 253 g/mol. The highest BCUT2D eigenvalue weighted by Gasteiger charge is 2.10. The zero-order valence-corrected chi connectivity index (χ0v) is 9.57. The fourth-order valence-electron chi connectivity index (χ4n) is 1.58. The van der Waals surface area contributed by atoms with E-state index in [-0.39, 0.29) is 6.54 Å². The Morgan fingerprint density at radius 1 is 1.22 bits per heavy atom. The number of aliphatic hydroxyl groups is 1. The number of halogens is 2. The maximum absolute atomic E-state index is 13.0. The predicted octanol–water partition coefficient (Wildman–Crippen LogP) is 2.38. The standard InChI is InChI=1S/C13H13F2NO2/c14-11-2-1-10(5-12(11)15)13(17)7-16-6-9-3-4-18-8-9/h1-5,8,13,16-17H,6-7H2. The van der Waals surface area contributed by atoms with Gasteiger partial charge in [-0.3, -0.25) is 0 Å². The van der Waals surface area contributed by atoms with Crippen molar-refractivity contribution in [2.75, 3.05) is 6.54 Å². The van der Waals surface area contributed by atoms with E-state index in [0.29, 0.717) is 12.1 Å². The molecule has 0 aliphatic rings. The van der Waals surface area contributed by atoms with Crippen LogP contribution in [0, 0.1) is 11.6 Å². The third-order valence-electron chi connectivity index (χ3n) is 2.58. The normalized spacial score (nSPS) is 12.6. The minimum Gasteiger partial charge on any atom is -0.472 e. The second-order valence-corrected chi connectivity index (χ2v) is 3.95. The quantitative estimate of drug-likeness (QED) is 0.860. The zero-order valence-electron chi connectivity index (χ0n) is 9.57. The highest BCUT2D eigenvalue weighted by atomic mass is 19.2. The van der Waals surface area contributed by atoms with E-state index in [9.17, 15) is 13.9 Å². The van der Waals surface area contributed by atoms with E-state index in [1.54, 1.807) is 18.6 Å². The second-order valence-electron chi connectivity index (χ2n) is 3.95. The Bertz CT molecular complexity index is 500. The molecule has 0 aliphatic carbocycles. The lowest BCUT2D eigenvalue weighted by Crippen LogP contribution is -2.21. The molecule has 0 fully saturated rings. The first-order valence-electron chi connectivity index (χ1n) is 5.51. The lowest BCUT2D eigenvalue weighted by atomic mass is 10.1. The number of hydrogen-bond acceptors (Lipinski definition) is 3. The van der Waals surface area contributed by atoms with E-state index >= 15 is 0 Å². The van der Waals surface area contributed by atoms with Gasteiger partial charge in [0.2, 0.25) is 0 Å². The van der Waals surface area contributed by atoms with Crippen molar-refractivity contribution in [3.05, 3.63) is 59.6 Å². The Kier molecular flexibility index (Phi) is 4.07. The minimum atomic E-state index is -0.957. The number of furan rings is 1. The minimum absolute atomic E-state index is 0.246. The van der Waals surface area contributed by atoms with Crippen LogP contribution in [0.3, 0.4) is 0 Å². The number of benzene rings is 1. The van der Waals surface area contributed by atoms with Crippen molar-refractivity contribution in [1.29, 1.82) is 0 Å². The average Bonchev–Trinajstić information content (AvgIpc) is 2.85. The summed E-state index contributed by atoms with van der Waals surface area (Å²) in [5, 5.41) is 12.8. The molecule has 1 aromatic carbocycles. The van der Waals surface area contributed by atoms with Crippen LogP contribution in [0.2, 0.25) is 0 Å². The van der Waals surface area contributed by atoms with Gasteiger partial charge in [-0.2, -0.15) is 0 Å². The van der Waals surface area contributed by atoms with Crippen LogP contribution in [0.4, 0.5) is 8.78 Å². The van der Waals surface area contributed by atoms with Gasteiger partial charge in [0.05, 0.1) is 18.6 Å². The van der Waals surface area contributed by atoms with Crippen molar-refractivity contribution in [3.63, 3.8) is 0 Å². The highest BCUT2D eigenvalue weighted by Crippen LogP contribution is 2.15. The molecule has 3 nitrogen and oxygen atoms in total. The Balaban J connectivity index is 1.87. The van der Waals surface area contributed by atoms with Gasteiger partial charge in [0.1, 0.15) is 0 Å². The van der Waals surface area contributed by atoms with E-state index in [0.717, 1.165) is 17.7 Å². The van der Waals surface area contributed by atoms with E-state index in [2.05, 4.69) is 5.32 Å². The summed E-state index contributed by atoms with van der Waals surface area (Å²) in [5.41, 5.74) is 1.29. The van der Waals surface area contributed by atoms with Gasteiger partial charge in [-0.15, -0.1) is 0 Å². The summed E-state index contributed by atoms with van der Waals surface area (Å²) < 4.78 is 30.6. The van der Waals surface area contributed by atoms with Crippen LogP contribution in [-0.2, 0) is 6.54 Å². The summed E-state index contributed by atoms with van der Waals surface area (Å²) in [6, 6.07) is 5.17. The molecule has 0 aliphatic heterocycles. The van der Waals surface area contributed by atoms with Gasteiger partial charge in [-0.05, 0) is 23.8 Å². The molecular formula is C13H13F2NO2. The molecule has 0 radical (unpaired) electrons. The molecule has 1 unspecified atom stereocenters. The predicted molar refractivity (Wildman–Crippen MR) is 61.7 cm³/mol. The van der Waals surface area contributed by atoms with Gasteiger partial charge >= 0.3 is 0 Å². The summed E-state index contributed by atoms with van der Waals surface area (Å²) in [4.78, 5) is 0. The van der Waals surface area contributed by atoms with Gasteiger partial charge in [-0.1, -0.05) is 6.07 Å². The highest BCUT2D eigenvalue weighted by molar-refractivity contribution is 5.20. The van der Waals surface area contributed by atoms with Crippen LogP contribution in [0.25, 0.3) is 0 Å². The third kappa shape index (κ3) is 3.15. The first-order valence-corrected chi connectivity index (χ1v) is 5.51. The SMILES string of the molecule is OC(CNCc1ccoc1)c1ccc(F)c(F)c1. The van der Waals surface area contributed by atoms with Gasteiger partial charge in [0.25, 0.3) is 0 Å². The van der Waals surface area contributed by atoms with Gasteiger partial charge < -0.3 is 14.8 Å². The molecule has 0 saturated carbocycles. The summed E-state index contributed by atoms with van der Waals surface area (Å²) in [7, 11) is 0. The molecule has 1 atom stereocenters. The average molecular weight is 253 g/mol. The Morgan fingerprint density at radius 2 is 2.06 bits per heavy atom. The van der Waals surface area contributed by atoms with Crippen LogP contribution in [-0.4, -0.2) is 11.7 Å². The second kappa shape index (κ2) is 5.75. The molecule has 2 rings (SSSR count). The Morgan fingerprint density at radius 3 is 2.72 bits per heavy atom. The molecule has 18 heavy (non-hydrogen) atoms. The van der Waals surface area contributed by atoms with E-state index < -0.39 is 17.7 Å². The Labute approximate surface area is 103 Å². The van der Waals surface area contributed by atoms with Crippen molar-refractivity contribution in [2.45, 2.75) is 12.6 Å². The molecule has 2 aromatic rings. The lowest BCUT2D eigenvalue weighted by molar-refractivity contribution is 0.173. The third-order valence-corrected chi connectivity index (χ3v) is 2.58.